The molecule has 3 aromatic rings. The first-order valence-electron chi connectivity index (χ1n) is 7.21. The van der Waals surface area contributed by atoms with Crippen molar-refractivity contribution in [3.8, 4) is 28.9 Å². The van der Waals surface area contributed by atoms with E-state index in [-0.39, 0.29) is 0 Å². The van der Waals surface area contributed by atoms with E-state index in [1.54, 1.807) is 11.8 Å². The van der Waals surface area contributed by atoms with Gasteiger partial charge in [-0.2, -0.15) is 10.4 Å². The maximum absolute atomic E-state index is 9.16. The standard InChI is InChI=1S/C18H16N4O/c1-12-4-5-15(10-14(12)11-19)22-9-8-17(21-22)16-6-7-18(23-3)20-13(16)2/h4-10H,1-3H3. The summed E-state index contributed by atoms with van der Waals surface area (Å²) in [7, 11) is 1.60. The second kappa shape index (κ2) is 5.93. The van der Waals surface area contributed by atoms with Gasteiger partial charge in [-0.15, -0.1) is 0 Å². The van der Waals surface area contributed by atoms with E-state index >= 15 is 0 Å². The minimum absolute atomic E-state index is 0.586. The summed E-state index contributed by atoms with van der Waals surface area (Å²) in [6.07, 6.45) is 1.88. The Kier molecular flexibility index (Phi) is 3.82. The van der Waals surface area contributed by atoms with Gasteiger partial charge in [-0.3, -0.25) is 0 Å². The number of pyridine rings is 1. The summed E-state index contributed by atoms with van der Waals surface area (Å²) in [6.45, 7) is 3.85. The van der Waals surface area contributed by atoms with Gasteiger partial charge in [0.15, 0.2) is 0 Å². The molecule has 2 heterocycles. The van der Waals surface area contributed by atoms with Gasteiger partial charge in [0.05, 0.1) is 35.8 Å². The third kappa shape index (κ3) is 2.79. The number of hydrogen-bond acceptors (Lipinski definition) is 4. The van der Waals surface area contributed by atoms with Crippen LogP contribution in [-0.2, 0) is 0 Å². The van der Waals surface area contributed by atoms with E-state index in [9.17, 15) is 0 Å². The number of aryl methyl sites for hydroxylation is 2. The zero-order valence-electron chi connectivity index (χ0n) is 13.2. The van der Waals surface area contributed by atoms with Gasteiger partial charge in [-0.25, -0.2) is 9.67 Å². The van der Waals surface area contributed by atoms with Gasteiger partial charge < -0.3 is 4.74 Å². The Balaban J connectivity index is 1.99. The van der Waals surface area contributed by atoms with Crippen molar-refractivity contribution in [2.24, 2.45) is 0 Å². The minimum atomic E-state index is 0.586. The Hall–Kier alpha value is -3.13. The van der Waals surface area contributed by atoms with Gasteiger partial charge in [0.25, 0.3) is 0 Å². The number of aromatic nitrogens is 3. The van der Waals surface area contributed by atoms with Crippen LogP contribution in [0.4, 0.5) is 0 Å². The zero-order chi connectivity index (χ0) is 16.4. The summed E-state index contributed by atoms with van der Waals surface area (Å²) in [5.41, 5.74) is 5.11. The largest absolute Gasteiger partial charge is 0.481 e. The number of ether oxygens (including phenoxy) is 1. The first kappa shape index (κ1) is 14.8. The smallest absolute Gasteiger partial charge is 0.213 e. The Morgan fingerprint density at radius 3 is 2.65 bits per heavy atom. The van der Waals surface area contributed by atoms with E-state index in [2.05, 4.69) is 16.2 Å². The molecule has 0 aliphatic carbocycles. The van der Waals surface area contributed by atoms with Crippen LogP contribution >= 0.6 is 0 Å². The predicted molar refractivity (Wildman–Crippen MR) is 87.5 cm³/mol. The van der Waals surface area contributed by atoms with Crippen LogP contribution in [0.5, 0.6) is 5.88 Å². The first-order valence-corrected chi connectivity index (χ1v) is 7.21. The van der Waals surface area contributed by atoms with E-state index in [1.165, 1.54) is 0 Å². The molecule has 114 valence electrons. The Labute approximate surface area is 134 Å². The average Bonchev–Trinajstić information content (AvgIpc) is 3.04. The van der Waals surface area contributed by atoms with Crippen LogP contribution in [0.1, 0.15) is 16.8 Å². The molecule has 0 saturated carbocycles. The zero-order valence-corrected chi connectivity index (χ0v) is 13.2. The molecule has 2 aromatic heterocycles. The molecule has 0 fully saturated rings. The van der Waals surface area contributed by atoms with Crippen LogP contribution in [0.15, 0.2) is 42.6 Å². The van der Waals surface area contributed by atoms with Crippen LogP contribution in [0.25, 0.3) is 16.9 Å². The molecule has 5 heteroatoms. The maximum Gasteiger partial charge on any atom is 0.213 e. The van der Waals surface area contributed by atoms with Crippen molar-refractivity contribution in [2.45, 2.75) is 13.8 Å². The first-order chi connectivity index (χ1) is 11.1. The molecule has 0 aliphatic rings. The van der Waals surface area contributed by atoms with Crippen LogP contribution in [0.3, 0.4) is 0 Å². The molecule has 23 heavy (non-hydrogen) atoms. The SMILES string of the molecule is COc1ccc(-c2ccn(-c3ccc(C)c(C#N)c3)n2)c(C)n1. The van der Waals surface area contributed by atoms with Gasteiger partial charge in [-0.1, -0.05) is 6.07 Å². The van der Waals surface area contributed by atoms with Gasteiger partial charge in [0, 0.05) is 17.8 Å². The summed E-state index contributed by atoms with van der Waals surface area (Å²) in [5.74, 6) is 0.586. The molecule has 0 amide bonds. The van der Waals surface area contributed by atoms with Gasteiger partial charge in [-0.05, 0) is 43.7 Å². The fourth-order valence-corrected chi connectivity index (χ4v) is 2.41. The molecule has 0 atom stereocenters. The molecule has 1 aromatic carbocycles. The topological polar surface area (TPSA) is 63.7 Å². The fraction of sp³-hybridized carbons (Fsp3) is 0.167. The van der Waals surface area contributed by atoms with Crippen LogP contribution in [0.2, 0.25) is 0 Å². The lowest BCUT2D eigenvalue weighted by Crippen LogP contribution is -1.97. The molecule has 0 bridgehead atoms. The number of hydrogen-bond donors (Lipinski definition) is 0. The molecule has 0 spiro atoms. The average molecular weight is 304 g/mol. The lowest BCUT2D eigenvalue weighted by molar-refractivity contribution is 0.397. The summed E-state index contributed by atoms with van der Waals surface area (Å²) < 4.78 is 6.89. The number of nitrogens with zero attached hydrogens (tertiary/aromatic N) is 4. The normalized spacial score (nSPS) is 10.3. The summed E-state index contributed by atoms with van der Waals surface area (Å²) in [6, 6.07) is 13.6. The lowest BCUT2D eigenvalue weighted by Gasteiger charge is -2.06. The third-order valence-electron chi connectivity index (χ3n) is 3.74. The highest BCUT2D eigenvalue weighted by molar-refractivity contribution is 5.62. The van der Waals surface area contributed by atoms with Crippen molar-refractivity contribution >= 4 is 0 Å². The molecular weight excluding hydrogens is 288 g/mol. The molecule has 0 N–H and O–H groups in total. The Morgan fingerprint density at radius 2 is 1.96 bits per heavy atom. The highest BCUT2D eigenvalue weighted by atomic mass is 16.5. The molecule has 0 radical (unpaired) electrons. The van der Waals surface area contributed by atoms with Gasteiger partial charge >= 0.3 is 0 Å². The van der Waals surface area contributed by atoms with E-state index in [4.69, 9.17) is 10.00 Å². The highest BCUT2D eigenvalue weighted by Gasteiger charge is 2.09. The fourth-order valence-electron chi connectivity index (χ4n) is 2.41. The van der Waals surface area contributed by atoms with Crippen molar-refractivity contribution in [1.29, 1.82) is 5.26 Å². The van der Waals surface area contributed by atoms with Crippen molar-refractivity contribution in [1.82, 2.24) is 14.8 Å². The summed E-state index contributed by atoms with van der Waals surface area (Å²) in [5, 5.41) is 13.8. The number of methoxy groups -OCH3 is 1. The number of nitriles is 1. The maximum atomic E-state index is 9.16. The van der Waals surface area contributed by atoms with Crippen LogP contribution in [0, 0.1) is 25.2 Å². The van der Waals surface area contributed by atoms with Crippen LogP contribution in [-0.4, -0.2) is 21.9 Å². The molecule has 5 nitrogen and oxygen atoms in total. The quantitative estimate of drug-likeness (QED) is 0.743. The van der Waals surface area contributed by atoms with Crippen LogP contribution < -0.4 is 4.74 Å². The van der Waals surface area contributed by atoms with Crippen molar-refractivity contribution in [3.63, 3.8) is 0 Å². The molecule has 0 saturated heterocycles. The second-order valence-corrected chi connectivity index (χ2v) is 5.24. The van der Waals surface area contributed by atoms with Crippen molar-refractivity contribution in [2.75, 3.05) is 7.11 Å². The van der Waals surface area contributed by atoms with E-state index in [0.29, 0.717) is 11.4 Å². The van der Waals surface area contributed by atoms with Gasteiger partial charge in [0.1, 0.15) is 0 Å². The van der Waals surface area contributed by atoms with Crippen molar-refractivity contribution < 1.29 is 4.74 Å². The number of benzene rings is 1. The minimum Gasteiger partial charge on any atom is -0.481 e. The highest BCUT2D eigenvalue weighted by Crippen LogP contribution is 2.24. The molecule has 3 rings (SSSR count). The second-order valence-electron chi connectivity index (χ2n) is 5.24. The monoisotopic (exact) mass is 304 g/mol. The molecule has 0 unspecified atom stereocenters. The third-order valence-corrected chi connectivity index (χ3v) is 3.74. The predicted octanol–water partition coefficient (Wildman–Crippen LogP) is 3.43. The summed E-state index contributed by atoms with van der Waals surface area (Å²) >= 11 is 0. The lowest BCUT2D eigenvalue weighted by atomic mass is 10.1. The molecule has 0 aliphatic heterocycles. The molecular formula is C18H16N4O. The van der Waals surface area contributed by atoms with E-state index in [0.717, 1.165) is 28.2 Å². The Morgan fingerprint density at radius 1 is 1.13 bits per heavy atom. The van der Waals surface area contributed by atoms with E-state index < -0.39 is 0 Å². The van der Waals surface area contributed by atoms with E-state index in [1.807, 2.05) is 56.4 Å². The Bertz CT molecular complexity index is 906. The number of rotatable bonds is 3. The summed E-state index contributed by atoms with van der Waals surface area (Å²) in [4.78, 5) is 4.37. The van der Waals surface area contributed by atoms with Gasteiger partial charge in [0.2, 0.25) is 5.88 Å². The van der Waals surface area contributed by atoms with Crippen molar-refractivity contribution in [3.05, 3.63) is 59.4 Å².